The zero-order valence-electron chi connectivity index (χ0n) is 14.8. The van der Waals surface area contributed by atoms with Crippen LogP contribution in [0.2, 0.25) is 0 Å². The Hall–Kier alpha value is -0.120. The van der Waals surface area contributed by atoms with Crippen LogP contribution in [0.3, 0.4) is 0 Å². The normalized spacial score (nSPS) is 23.4. The second-order valence-electron chi connectivity index (χ2n) is 7.45. The Morgan fingerprint density at radius 1 is 1.29 bits per heavy atom. The van der Waals surface area contributed by atoms with Crippen LogP contribution in [0.1, 0.15) is 79.1 Å². The molecule has 3 heteroatoms. The van der Waals surface area contributed by atoms with E-state index < -0.39 is 0 Å². The van der Waals surface area contributed by atoms with Gasteiger partial charge >= 0.3 is 0 Å². The third-order valence-electron chi connectivity index (χ3n) is 4.78. The molecule has 1 heterocycles. The van der Waals surface area contributed by atoms with Crippen LogP contribution in [0.4, 0.5) is 0 Å². The first kappa shape index (κ1) is 18.9. The van der Waals surface area contributed by atoms with Crippen molar-refractivity contribution in [3.05, 3.63) is 0 Å². The number of unbranched alkanes of at least 4 members (excludes halogenated alkanes) is 1. The minimum Gasteiger partial charge on any atom is -0.394 e. The molecule has 1 saturated heterocycles. The Morgan fingerprint density at radius 3 is 2.67 bits per heavy atom. The predicted molar refractivity (Wildman–Crippen MR) is 91.7 cm³/mol. The molecule has 1 aliphatic rings. The summed E-state index contributed by atoms with van der Waals surface area (Å²) in [6.45, 7) is 11.5. The van der Waals surface area contributed by atoms with Crippen LogP contribution in [-0.4, -0.2) is 47.3 Å². The molecule has 0 aromatic rings. The number of piperidine rings is 1. The molecule has 0 aromatic carbocycles. The summed E-state index contributed by atoms with van der Waals surface area (Å²) in [6, 6.07) is 1.26. The second kappa shape index (κ2) is 9.81. The first-order chi connectivity index (χ1) is 10.0. The Labute approximate surface area is 132 Å². The standard InChI is InChI=1S/C18H38N2O/c1-5-10-17-11-6-8-13-20(17)14-9-7-12-18(4,15-21)19-16(2)3/h16-17,19,21H,5-15H2,1-4H3. The maximum absolute atomic E-state index is 9.62. The molecule has 21 heavy (non-hydrogen) atoms. The quantitative estimate of drug-likeness (QED) is 0.605. The molecule has 0 aromatic heterocycles. The van der Waals surface area contributed by atoms with E-state index in [0.717, 1.165) is 12.5 Å². The van der Waals surface area contributed by atoms with Gasteiger partial charge in [-0.1, -0.05) is 40.0 Å². The Morgan fingerprint density at radius 2 is 2.05 bits per heavy atom. The molecule has 0 radical (unpaired) electrons. The highest BCUT2D eigenvalue weighted by molar-refractivity contribution is 4.84. The predicted octanol–water partition coefficient (Wildman–Crippen LogP) is 3.56. The van der Waals surface area contributed by atoms with E-state index in [4.69, 9.17) is 0 Å². The maximum atomic E-state index is 9.62. The van der Waals surface area contributed by atoms with Crippen LogP contribution in [0.15, 0.2) is 0 Å². The van der Waals surface area contributed by atoms with Gasteiger partial charge in [-0.3, -0.25) is 0 Å². The molecule has 126 valence electrons. The van der Waals surface area contributed by atoms with E-state index >= 15 is 0 Å². The van der Waals surface area contributed by atoms with Gasteiger partial charge < -0.3 is 15.3 Å². The molecule has 0 spiro atoms. The van der Waals surface area contributed by atoms with Gasteiger partial charge in [0, 0.05) is 17.6 Å². The van der Waals surface area contributed by atoms with Crippen molar-refractivity contribution in [3.8, 4) is 0 Å². The topological polar surface area (TPSA) is 35.5 Å². The highest BCUT2D eigenvalue weighted by Crippen LogP contribution is 2.22. The molecular weight excluding hydrogens is 260 g/mol. The molecule has 0 bridgehead atoms. The fourth-order valence-electron chi connectivity index (χ4n) is 3.74. The lowest BCUT2D eigenvalue weighted by atomic mass is 9.94. The summed E-state index contributed by atoms with van der Waals surface area (Å²) in [6.07, 6.45) is 10.4. The van der Waals surface area contributed by atoms with Crippen molar-refractivity contribution in [1.29, 1.82) is 0 Å². The van der Waals surface area contributed by atoms with Crippen molar-refractivity contribution in [3.63, 3.8) is 0 Å². The van der Waals surface area contributed by atoms with Crippen molar-refractivity contribution >= 4 is 0 Å². The zero-order valence-corrected chi connectivity index (χ0v) is 14.8. The molecular formula is C18H38N2O. The van der Waals surface area contributed by atoms with Gasteiger partial charge in [-0.25, -0.2) is 0 Å². The average molecular weight is 299 g/mol. The van der Waals surface area contributed by atoms with E-state index in [9.17, 15) is 5.11 Å². The molecule has 0 aliphatic carbocycles. The smallest absolute Gasteiger partial charge is 0.0610 e. The number of nitrogens with one attached hydrogen (secondary N) is 1. The lowest BCUT2D eigenvalue weighted by Crippen LogP contribution is -2.49. The van der Waals surface area contributed by atoms with Crippen LogP contribution in [0.25, 0.3) is 0 Å². The molecule has 2 N–H and O–H groups in total. The van der Waals surface area contributed by atoms with Gasteiger partial charge in [0.2, 0.25) is 0 Å². The van der Waals surface area contributed by atoms with Crippen LogP contribution in [-0.2, 0) is 0 Å². The number of nitrogens with zero attached hydrogens (tertiary/aromatic N) is 1. The zero-order chi connectivity index (χ0) is 15.7. The lowest BCUT2D eigenvalue weighted by Gasteiger charge is -2.36. The maximum Gasteiger partial charge on any atom is 0.0610 e. The minimum atomic E-state index is -0.112. The first-order valence-electron chi connectivity index (χ1n) is 9.13. The molecule has 1 rings (SSSR count). The molecule has 1 aliphatic heterocycles. The number of hydrogen-bond donors (Lipinski definition) is 2. The summed E-state index contributed by atoms with van der Waals surface area (Å²) < 4.78 is 0. The summed E-state index contributed by atoms with van der Waals surface area (Å²) in [5.74, 6) is 0. The number of hydrogen-bond acceptors (Lipinski definition) is 3. The average Bonchev–Trinajstić information content (AvgIpc) is 2.45. The van der Waals surface area contributed by atoms with Gasteiger partial charge in [0.1, 0.15) is 0 Å². The summed E-state index contributed by atoms with van der Waals surface area (Å²) in [5.41, 5.74) is -0.112. The van der Waals surface area contributed by atoms with Gasteiger partial charge in [0.05, 0.1) is 6.61 Å². The third-order valence-corrected chi connectivity index (χ3v) is 4.78. The van der Waals surface area contributed by atoms with Crippen LogP contribution >= 0.6 is 0 Å². The van der Waals surface area contributed by atoms with Gasteiger partial charge in [0.25, 0.3) is 0 Å². The third kappa shape index (κ3) is 7.12. The molecule has 0 saturated carbocycles. The Bertz CT molecular complexity index is 268. The van der Waals surface area contributed by atoms with E-state index in [-0.39, 0.29) is 12.1 Å². The van der Waals surface area contributed by atoms with E-state index in [1.807, 2.05) is 0 Å². The van der Waals surface area contributed by atoms with E-state index in [1.165, 1.54) is 58.0 Å². The number of likely N-dealkylation sites (tertiary alicyclic amines) is 1. The SMILES string of the molecule is CCCC1CCCCN1CCCCC(C)(CO)NC(C)C. The van der Waals surface area contributed by atoms with Crippen LogP contribution in [0, 0.1) is 0 Å². The molecule has 0 amide bonds. The number of rotatable bonds is 10. The van der Waals surface area contributed by atoms with Crippen molar-refractivity contribution in [1.82, 2.24) is 10.2 Å². The molecule has 1 fully saturated rings. The lowest BCUT2D eigenvalue weighted by molar-refractivity contribution is 0.128. The number of aliphatic hydroxyl groups excluding tert-OH is 1. The van der Waals surface area contributed by atoms with Crippen molar-refractivity contribution < 1.29 is 5.11 Å². The van der Waals surface area contributed by atoms with Crippen LogP contribution in [0.5, 0.6) is 0 Å². The van der Waals surface area contributed by atoms with Crippen molar-refractivity contribution in [2.75, 3.05) is 19.7 Å². The fraction of sp³-hybridized carbons (Fsp3) is 1.00. The monoisotopic (exact) mass is 298 g/mol. The Kier molecular flexibility index (Phi) is 8.84. The second-order valence-corrected chi connectivity index (χ2v) is 7.45. The van der Waals surface area contributed by atoms with E-state index in [0.29, 0.717) is 6.04 Å². The van der Waals surface area contributed by atoms with Crippen molar-refractivity contribution in [2.24, 2.45) is 0 Å². The van der Waals surface area contributed by atoms with E-state index in [2.05, 4.69) is 37.9 Å². The number of aliphatic hydroxyl groups is 1. The van der Waals surface area contributed by atoms with E-state index in [1.54, 1.807) is 0 Å². The molecule has 2 atom stereocenters. The van der Waals surface area contributed by atoms with Gasteiger partial charge in [-0.05, 0) is 52.1 Å². The molecule has 2 unspecified atom stereocenters. The minimum absolute atomic E-state index is 0.112. The summed E-state index contributed by atoms with van der Waals surface area (Å²) >= 11 is 0. The summed E-state index contributed by atoms with van der Waals surface area (Å²) in [4.78, 5) is 2.72. The highest BCUT2D eigenvalue weighted by atomic mass is 16.3. The Balaban J connectivity index is 2.28. The largest absolute Gasteiger partial charge is 0.394 e. The van der Waals surface area contributed by atoms with Crippen LogP contribution < -0.4 is 5.32 Å². The molecule has 3 nitrogen and oxygen atoms in total. The highest BCUT2D eigenvalue weighted by Gasteiger charge is 2.24. The summed E-state index contributed by atoms with van der Waals surface area (Å²) in [7, 11) is 0. The van der Waals surface area contributed by atoms with Crippen molar-refractivity contribution in [2.45, 2.75) is 96.7 Å². The first-order valence-corrected chi connectivity index (χ1v) is 9.13. The van der Waals surface area contributed by atoms with Gasteiger partial charge in [0.15, 0.2) is 0 Å². The van der Waals surface area contributed by atoms with Gasteiger partial charge in [-0.15, -0.1) is 0 Å². The summed E-state index contributed by atoms with van der Waals surface area (Å²) in [5, 5.41) is 13.1. The van der Waals surface area contributed by atoms with Gasteiger partial charge in [-0.2, -0.15) is 0 Å². The fourth-order valence-corrected chi connectivity index (χ4v) is 3.74.